The van der Waals surface area contributed by atoms with Gasteiger partial charge in [-0.25, -0.2) is 10.3 Å². The molecule has 2 atom stereocenters. The summed E-state index contributed by atoms with van der Waals surface area (Å²) in [4.78, 5) is 61.7. The molecule has 372 valence electrons. The number of hydrogen-bond acceptors (Lipinski definition) is 8. The van der Waals surface area contributed by atoms with Crippen molar-refractivity contribution in [1.29, 1.82) is 0 Å². The van der Waals surface area contributed by atoms with Crippen molar-refractivity contribution < 1.29 is 39.2 Å². The van der Waals surface area contributed by atoms with E-state index < -0.39 is 5.24 Å². The van der Waals surface area contributed by atoms with Gasteiger partial charge >= 0.3 is 69.6 Å². The topological polar surface area (TPSA) is 151 Å². The van der Waals surface area contributed by atoms with Crippen LogP contribution in [0.4, 0.5) is 0 Å². The number of benzene rings is 4. The zero-order valence-electron chi connectivity index (χ0n) is 44.4. The van der Waals surface area contributed by atoms with E-state index in [1.165, 1.54) is 68.2 Å². The summed E-state index contributed by atoms with van der Waals surface area (Å²) < 4.78 is 0. The Balaban J connectivity index is 0. The monoisotopic (exact) mass is 1060 g/mol. The number of aryl methyl sites for hydroxylation is 6. The molecule has 0 aliphatic rings. The van der Waals surface area contributed by atoms with E-state index in [2.05, 4.69) is 69.1 Å². The second-order valence-corrected chi connectivity index (χ2v) is 19.6. The number of nitrogens with zero attached hydrogens (tertiary/aromatic N) is 1. The maximum absolute atomic E-state index is 13.5. The van der Waals surface area contributed by atoms with E-state index in [0.717, 1.165) is 69.5 Å². The number of amides is 3. The quantitative estimate of drug-likeness (QED) is 0.0335. The average Bonchev–Trinajstić information content (AvgIpc) is 3.25. The number of nitrogens with one attached hydrogen (secondary N) is 2. The molecule has 0 saturated heterocycles. The molecule has 0 fully saturated rings. The summed E-state index contributed by atoms with van der Waals surface area (Å²) in [5.74, 6) is 0.106. The molecule has 4 aromatic carbocycles. The maximum atomic E-state index is 13.5. The van der Waals surface area contributed by atoms with E-state index in [4.69, 9.17) is 44.9 Å². The molecular formula is C53H74Cl3K2N3O8. The molecule has 0 spiro atoms. The Hall–Kier alpha value is -1.51. The van der Waals surface area contributed by atoms with Crippen LogP contribution in [0.15, 0.2) is 72.8 Å². The molecule has 4 rings (SSSR count). The van der Waals surface area contributed by atoms with Crippen molar-refractivity contribution in [3.8, 4) is 0 Å². The number of hydrogen-bond donors (Lipinski definition) is 3. The first-order valence-corrected chi connectivity index (χ1v) is 40.5. The van der Waals surface area contributed by atoms with Gasteiger partial charge in [0.2, 0.25) is 0 Å². The third-order valence-corrected chi connectivity index (χ3v) is 11.3. The van der Waals surface area contributed by atoms with Gasteiger partial charge in [-0.1, -0.05) is 120 Å². The van der Waals surface area contributed by atoms with Crippen LogP contribution < -0.4 is 10.7 Å². The van der Waals surface area contributed by atoms with Gasteiger partial charge in [0.1, 0.15) is 0 Å². The fourth-order valence-electron chi connectivity index (χ4n) is 7.33. The Morgan fingerprint density at radius 3 is 1.41 bits per heavy atom. The normalized spacial score (nSPS) is 11.2. The summed E-state index contributed by atoms with van der Waals surface area (Å²) in [5, 5.41) is 14.4. The Morgan fingerprint density at radius 1 is 0.681 bits per heavy atom. The molecule has 0 aliphatic heterocycles. The van der Waals surface area contributed by atoms with Crippen LogP contribution in [-0.4, -0.2) is 121 Å². The van der Waals surface area contributed by atoms with Crippen molar-refractivity contribution in [2.75, 3.05) is 11.9 Å². The van der Waals surface area contributed by atoms with Gasteiger partial charge in [-0.05, 0) is 154 Å². The molecule has 0 aromatic heterocycles. The van der Waals surface area contributed by atoms with Gasteiger partial charge in [0.15, 0.2) is 0 Å². The molecule has 2 unspecified atom stereocenters. The molecule has 16 heteroatoms. The Labute approximate surface area is 473 Å². The number of rotatable bonds is 11. The van der Waals surface area contributed by atoms with Gasteiger partial charge < -0.3 is 5.32 Å². The van der Waals surface area contributed by atoms with Gasteiger partial charge in [-0.3, -0.25) is 34.3 Å². The summed E-state index contributed by atoms with van der Waals surface area (Å²) in [6, 6.07) is 22.7. The van der Waals surface area contributed by atoms with Crippen molar-refractivity contribution in [2.45, 2.75) is 130 Å². The van der Waals surface area contributed by atoms with Crippen molar-refractivity contribution in [2.24, 2.45) is 16.7 Å². The fraction of sp³-hybridized carbons (Fsp3) is 0.453. The number of halogens is 3. The molecule has 0 radical (unpaired) electrons. The third-order valence-electron chi connectivity index (χ3n) is 11.1. The molecule has 0 aliphatic carbocycles. The predicted molar refractivity (Wildman–Crippen MR) is 286 cm³/mol. The van der Waals surface area contributed by atoms with E-state index in [9.17, 15) is 19.2 Å². The van der Waals surface area contributed by atoms with E-state index in [0.29, 0.717) is 22.6 Å². The van der Waals surface area contributed by atoms with Crippen molar-refractivity contribution in [3.63, 3.8) is 0 Å². The molecule has 11 nitrogen and oxygen atoms in total. The first-order chi connectivity index (χ1) is 32.1. The van der Waals surface area contributed by atoms with E-state index in [1.54, 1.807) is 18.2 Å². The van der Waals surface area contributed by atoms with Gasteiger partial charge in [-0.2, -0.15) is 0 Å². The summed E-state index contributed by atoms with van der Waals surface area (Å²) in [7, 11) is 0. The van der Waals surface area contributed by atoms with Crippen LogP contribution in [0.2, 0.25) is 0 Å². The van der Waals surface area contributed by atoms with Crippen LogP contribution in [0.25, 0.3) is 0 Å². The first kappa shape index (κ1) is 69.6. The molecule has 0 heterocycles. The van der Waals surface area contributed by atoms with Crippen LogP contribution in [0, 0.1) is 72.1 Å². The van der Waals surface area contributed by atoms with Gasteiger partial charge in [0.25, 0.3) is 23.0 Å². The van der Waals surface area contributed by atoms with Gasteiger partial charge in [-0.15, -0.1) is 23.2 Å². The van der Waals surface area contributed by atoms with Crippen LogP contribution >= 0.6 is 34.8 Å². The molecule has 3 N–H and O–H groups in total. The molecule has 0 saturated carbocycles. The second-order valence-electron chi connectivity index (χ2n) is 18.5. The predicted octanol–water partition coefficient (Wildman–Crippen LogP) is 12.5. The Bertz CT molecular complexity index is 2190. The second kappa shape index (κ2) is 36.4. The molecule has 3 amide bonds. The zero-order valence-corrected chi connectivity index (χ0v) is 52.9. The summed E-state index contributed by atoms with van der Waals surface area (Å²) in [6.45, 7) is 33.7. The summed E-state index contributed by atoms with van der Waals surface area (Å²) >= 11 is 17.3. The fourth-order valence-corrected chi connectivity index (χ4v) is 7.44. The van der Waals surface area contributed by atoms with Crippen molar-refractivity contribution >= 4 is 127 Å². The average molecular weight is 1070 g/mol. The Kier molecular flexibility index (Phi) is 36.7. The van der Waals surface area contributed by atoms with Crippen LogP contribution in [0.3, 0.4) is 0 Å². The van der Waals surface area contributed by atoms with E-state index >= 15 is 0 Å². The molecular weight excluding hydrogens is 991 g/mol. The summed E-state index contributed by atoms with van der Waals surface area (Å²) in [5.41, 5.74) is 13.9. The summed E-state index contributed by atoms with van der Waals surface area (Å²) in [6.07, 6.45) is 1.81. The molecule has 0 bridgehead atoms. The number of alkyl halides is 2. The van der Waals surface area contributed by atoms with Crippen molar-refractivity contribution in [3.05, 3.63) is 140 Å². The van der Waals surface area contributed by atoms with Crippen molar-refractivity contribution in [1.82, 2.24) is 15.8 Å². The van der Waals surface area contributed by atoms with Crippen LogP contribution in [0.5, 0.6) is 0 Å². The Morgan fingerprint density at radius 2 is 1.09 bits per heavy atom. The minimum absolute atomic E-state index is 0.0417. The number of carbonyl (C=O) groups excluding carboxylic acids is 5. The van der Waals surface area contributed by atoms with Gasteiger partial charge in [0, 0.05) is 28.8 Å². The molecule has 4 aromatic rings. The molecule has 69 heavy (non-hydrogen) atoms. The SMILES string of the molecule is CCC(CNC(=O)c1cccc(C)c1C)C(C)(C)C.CCC(N(NC(=O)c1cccc(C)c1C)C(=O)c1cc(C)cc(C)c1)C(C)(C)C.Cc1cc(C)cc(C(=O)Cl)c1.ClCCl.O=COOO.[K][K]. The number of hydrazine groups is 1. The zero-order chi connectivity index (χ0) is 53.8. The minimum atomic E-state index is -0.392. The third kappa shape index (κ3) is 26.8. The van der Waals surface area contributed by atoms with Crippen LogP contribution in [0.1, 0.15) is 154 Å². The van der Waals surface area contributed by atoms with E-state index in [1.807, 2.05) is 117 Å². The standard InChI is InChI=1S/C25H34N2O2.C17H27NO.C9H9ClO.CH2Cl2.CH2O4.2K/c1-9-22(25(6,7)8)27(24(29)20-14-16(2)13-17(3)15-20)26-23(28)21-12-10-11-18(4)19(21)5;1-7-14(17(4,5)6)11-18-16(19)15-10-8-9-12(2)13(15)3;1-6-3-7(2)5-8(4-6)9(10)11;2-1-3;2-1-4-5-3;;/h10-15,22H,9H2,1-8H3,(H,26,28);8-10,14H,7,11H2,1-6H3,(H,18,19);3-5H,1-2H3;1H2;1,3H;;. The first-order valence-electron chi connectivity index (χ1n) is 23.1. The number of carbonyl (C=O) groups is 5. The van der Waals surface area contributed by atoms with Crippen LogP contribution in [-0.2, 0) is 14.7 Å². The van der Waals surface area contributed by atoms with E-state index in [-0.39, 0.29) is 46.4 Å². The van der Waals surface area contributed by atoms with Gasteiger partial charge in [0.05, 0.1) is 11.4 Å².